The van der Waals surface area contributed by atoms with E-state index in [0.717, 1.165) is 36.4 Å². The molecule has 1 aromatic rings. The van der Waals surface area contributed by atoms with Gasteiger partial charge in [-0.1, -0.05) is 0 Å². The van der Waals surface area contributed by atoms with Crippen molar-refractivity contribution in [2.45, 2.75) is 45.3 Å². The van der Waals surface area contributed by atoms with Gasteiger partial charge in [0.15, 0.2) is 14.9 Å². The van der Waals surface area contributed by atoms with E-state index in [9.17, 15) is 8.42 Å². The third-order valence-electron chi connectivity index (χ3n) is 4.81. The number of thiocarbonyl (C=S) groups is 1. The zero-order chi connectivity index (χ0) is 18.7. The number of nitrogens with one attached hydrogen (secondary N) is 2. The van der Waals surface area contributed by atoms with Gasteiger partial charge in [0.2, 0.25) is 0 Å². The number of hydrogen-bond acceptors (Lipinski definition) is 6. The average molecular weight is 400 g/mol. The molecule has 2 saturated heterocycles. The Morgan fingerprint density at radius 1 is 1.46 bits per heavy atom. The number of nitrogens with zero attached hydrogens (tertiary/aromatic N) is 3. The van der Waals surface area contributed by atoms with Gasteiger partial charge in [-0.3, -0.25) is 10.1 Å². The maximum Gasteiger partial charge on any atom is 0.187 e. The topological polar surface area (TPSA) is 97.6 Å². The third kappa shape index (κ3) is 4.60. The minimum Gasteiger partial charge on any atom is -0.376 e. The van der Waals surface area contributed by atoms with Gasteiger partial charge in [-0.25, -0.2) is 8.42 Å². The van der Waals surface area contributed by atoms with Crippen LogP contribution in [0.4, 0.5) is 0 Å². The third-order valence-corrected chi connectivity index (χ3v) is 6.80. The minimum absolute atomic E-state index is 0.0945. The Balaban J connectivity index is 1.57. The van der Waals surface area contributed by atoms with Crippen LogP contribution in [0.1, 0.15) is 42.3 Å². The molecule has 0 amide bonds. The summed E-state index contributed by atoms with van der Waals surface area (Å²) in [5.74, 6) is 0.382. The Labute approximate surface area is 159 Å². The highest BCUT2D eigenvalue weighted by Gasteiger charge is 2.31. The normalized spacial score (nSPS) is 25.0. The zero-order valence-corrected chi connectivity index (χ0v) is 16.7. The van der Waals surface area contributed by atoms with Gasteiger partial charge < -0.3 is 10.1 Å². The van der Waals surface area contributed by atoms with Crippen LogP contribution in [0.5, 0.6) is 0 Å². The van der Waals surface area contributed by atoms with Crippen LogP contribution in [0.2, 0.25) is 0 Å². The molecule has 1 aromatic heterocycles. The Kier molecular flexibility index (Phi) is 5.93. The first-order valence-electron chi connectivity index (χ1n) is 8.80. The summed E-state index contributed by atoms with van der Waals surface area (Å²) in [4.78, 5) is 0. The molecule has 0 radical (unpaired) electrons. The van der Waals surface area contributed by atoms with Crippen molar-refractivity contribution in [2.75, 3.05) is 24.7 Å². The molecule has 26 heavy (non-hydrogen) atoms. The van der Waals surface area contributed by atoms with Crippen LogP contribution >= 0.6 is 12.2 Å². The number of sulfone groups is 1. The lowest BCUT2D eigenvalue weighted by molar-refractivity contribution is 0.114. The molecule has 2 atom stereocenters. The van der Waals surface area contributed by atoms with Gasteiger partial charge in [-0.2, -0.15) is 10.2 Å². The van der Waals surface area contributed by atoms with Crippen molar-refractivity contribution in [1.29, 1.82) is 0 Å². The first kappa shape index (κ1) is 19.2. The van der Waals surface area contributed by atoms with Crippen molar-refractivity contribution >= 4 is 33.4 Å². The summed E-state index contributed by atoms with van der Waals surface area (Å²) in [5.41, 5.74) is 5.41. The van der Waals surface area contributed by atoms with E-state index < -0.39 is 9.84 Å². The fourth-order valence-electron chi connectivity index (χ4n) is 3.39. The summed E-state index contributed by atoms with van der Waals surface area (Å²) >= 11 is 5.21. The summed E-state index contributed by atoms with van der Waals surface area (Å²) in [6, 6.07) is -0.0945. The summed E-state index contributed by atoms with van der Waals surface area (Å²) in [6.07, 6.45) is 4.64. The fraction of sp³-hybridized carbons (Fsp3) is 0.688. The fourth-order valence-corrected chi connectivity index (χ4v) is 5.22. The van der Waals surface area contributed by atoms with Gasteiger partial charge in [-0.05, 0) is 45.3 Å². The van der Waals surface area contributed by atoms with E-state index in [2.05, 4.69) is 20.9 Å². The highest BCUT2D eigenvalue weighted by atomic mass is 32.2. The van der Waals surface area contributed by atoms with Crippen molar-refractivity contribution in [3.8, 4) is 0 Å². The van der Waals surface area contributed by atoms with Gasteiger partial charge in [0, 0.05) is 24.4 Å². The summed E-state index contributed by atoms with van der Waals surface area (Å²) in [5, 5.41) is 12.2. The van der Waals surface area contributed by atoms with Crippen molar-refractivity contribution in [2.24, 2.45) is 5.10 Å². The monoisotopic (exact) mass is 399 g/mol. The predicted molar refractivity (Wildman–Crippen MR) is 104 cm³/mol. The number of aromatic nitrogens is 2. The molecule has 0 unspecified atom stereocenters. The van der Waals surface area contributed by atoms with Gasteiger partial charge >= 0.3 is 0 Å². The van der Waals surface area contributed by atoms with Crippen LogP contribution in [0.15, 0.2) is 5.10 Å². The summed E-state index contributed by atoms with van der Waals surface area (Å²) < 4.78 is 30.8. The standard InChI is InChI=1S/C16H25N5O3S2/c1-11-15(9-18-19-16(25)17-8-14-4-3-6-24-14)12(2)21(20-11)13-5-7-26(22,23)10-13/h9,13-14H,3-8,10H2,1-2H3,(H2,17,19,25)/b18-9-/t13-,14+/m0/s1. The molecule has 0 saturated carbocycles. The van der Waals surface area contributed by atoms with E-state index in [1.807, 2.05) is 18.5 Å². The van der Waals surface area contributed by atoms with Crippen molar-refractivity contribution in [3.05, 3.63) is 17.0 Å². The van der Waals surface area contributed by atoms with E-state index in [4.69, 9.17) is 17.0 Å². The Morgan fingerprint density at radius 2 is 2.27 bits per heavy atom. The minimum atomic E-state index is -2.95. The van der Waals surface area contributed by atoms with Crippen LogP contribution in [0.3, 0.4) is 0 Å². The molecule has 3 rings (SSSR count). The van der Waals surface area contributed by atoms with E-state index in [1.165, 1.54) is 0 Å². The number of rotatable bonds is 5. The zero-order valence-electron chi connectivity index (χ0n) is 15.1. The molecular weight excluding hydrogens is 374 g/mol. The van der Waals surface area contributed by atoms with E-state index in [-0.39, 0.29) is 23.7 Å². The highest BCUT2D eigenvalue weighted by Crippen LogP contribution is 2.26. The smallest absolute Gasteiger partial charge is 0.187 e. The second-order valence-electron chi connectivity index (χ2n) is 6.80. The van der Waals surface area contributed by atoms with Crippen molar-refractivity contribution in [1.82, 2.24) is 20.5 Å². The van der Waals surface area contributed by atoms with Crippen molar-refractivity contribution in [3.63, 3.8) is 0 Å². The maximum absolute atomic E-state index is 11.7. The molecule has 2 aliphatic heterocycles. The summed E-state index contributed by atoms with van der Waals surface area (Å²) in [7, 11) is -2.95. The lowest BCUT2D eigenvalue weighted by Crippen LogP contribution is -2.37. The number of aryl methyl sites for hydroxylation is 1. The lowest BCUT2D eigenvalue weighted by Gasteiger charge is -2.12. The van der Waals surface area contributed by atoms with E-state index in [1.54, 1.807) is 6.21 Å². The molecular formula is C16H25N5O3S2. The molecule has 3 heterocycles. The van der Waals surface area contributed by atoms with Gasteiger partial charge in [-0.15, -0.1) is 0 Å². The average Bonchev–Trinajstić information content (AvgIpc) is 3.28. The Bertz CT molecular complexity index is 797. The van der Waals surface area contributed by atoms with Crippen molar-refractivity contribution < 1.29 is 13.2 Å². The molecule has 2 aliphatic rings. The number of hydrazone groups is 1. The number of hydrogen-bond donors (Lipinski definition) is 2. The summed E-state index contributed by atoms with van der Waals surface area (Å²) in [6.45, 7) is 5.31. The maximum atomic E-state index is 11.7. The molecule has 0 bridgehead atoms. The first-order chi connectivity index (χ1) is 12.4. The quantitative estimate of drug-likeness (QED) is 0.430. The molecule has 0 aromatic carbocycles. The second-order valence-corrected chi connectivity index (χ2v) is 9.44. The molecule has 2 N–H and O–H groups in total. The van der Waals surface area contributed by atoms with E-state index in [0.29, 0.717) is 18.1 Å². The first-order valence-corrected chi connectivity index (χ1v) is 11.0. The van der Waals surface area contributed by atoms with Crippen LogP contribution in [0, 0.1) is 13.8 Å². The second kappa shape index (κ2) is 8.01. The molecule has 0 spiro atoms. The van der Waals surface area contributed by atoms with Crippen LogP contribution in [0.25, 0.3) is 0 Å². The van der Waals surface area contributed by atoms with Gasteiger partial charge in [0.25, 0.3) is 0 Å². The molecule has 8 nitrogen and oxygen atoms in total. The largest absolute Gasteiger partial charge is 0.376 e. The SMILES string of the molecule is Cc1nn([C@H]2CCS(=O)(=O)C2)c(C)c1/C=N\NC(=S)NC[C@H]1CCCO1. The Morgan fingerprint density at radius 3 is 2.92 bits per heavy atom. The van der Waals surface area contributed by atoms with E-state index >= 15 is 0 Å². The molecule has 2 fully saturated rings. The van der Waals surface area contributed by atoms with Crippen LogP contribution < -0.4 is 10.7 Å². The Hall–Kier alpha value is -1.52. The molecule has 144 valence electrons. The van der Waals surface area contributed by atoms with Gasteiger partial charge in [0.05, 0.1) is 35.6 Å². The predicted octanol–water partition coefficient (Wildman–Crippen LogP) is 0.837. The van der Waals surface area contributed by atoms with Gasteiger partial charge in [0.1, 0.15) is 0 Å². The number of ether oxygens (including phenoxy) is 1. The van der Waals surface area contributed by atoms with Crippen LogP contribution in [-0.2, 0) is 14.6 Å². The van der Waals surface area contributed by atoms with Crippen LogP contribution in [-0.4, -0.2) is 60.3 Å². The highest BCUT2D eigenvalue weighted by molar-refractivity contribution is 7.91. The molecule has 10 heteroatoms. The molecule has 0 aliphatic carbocycles. The lowest BCUT2D eigenvalue weighted by atomic mass is 10.2.